The van der Waals surface area contributed by atoms with Gasteiger partial charge in [-0.3, -0.25) is 4.99 Å². The predicted octanol–water partition coefficient (Wildman–Crippen LogP) is 2.61. The molecule has 0 aliphatic rings. The fourth-order valence-corrected chi connectivity index (χ4v) is 2.41. The second-order valence-electron chi connectivity index (χ2n) is 5.77. The Balaban J connectivity index is 1.91. The van der Waals surface area contributed by atoms with Gasteiger partial charge in [0.1, 0.15) is 0 Å². The van der Waals surface area contributed by atoms with Crippen molar-refractivity contribution in [2.75, 3.05) is 21.1 Å². The van der Waals surface area contributed by atoms with Crippen LogP contribution in [-0.4, -0.2) is 32.0 Å². The van der Waals surface area contributed by atoms with Gasteiger partial charge in [0.05, 0.1) is 0 Å². The van der Waals surface area contributed by atoms with E-state index < -0.39 is 0 Å². The van der Waals surface area contributed by atoms with Gasteiger partial charge >= 0.3 is 0 Å². The molecule has 23 heavy (non-hydrogen) atoms. The smallest absolute Gasteiger partial charge is 0.191 e. The number of rotatable bonds is 6. The Bertz CT molecular complexity index is 620. The molecule has 0 saturated heterocycles. The zero-order chi connectivity index (χ0) is 16.5. The van der Waals surface area contributed by atoms with E-state index in [4.69, 9.17) is 0 Å². The maximum absolute atomic E-state index is 4.29. The van der Waals surface area contributed by atoms with E-state index in [1.807, 2.05) is 18.2 Å². The lowest BCUT2D eigenvalue weighted by molar-refractivity contribution is 0.400. The summed E-state index contributed by atoms with van der Waals surface area (Å²) in [6, 6.07) is 18.8. The van der Waals surface area contributed by atoms with Crippen LogP contribution >= 0.6 is 0 Å². The molecule has 0 radical (unpaired) electrons. The van der Waals surface area contributed by atoms with Crippen LogP contribution in [0.15, 0.2) is 59.6 Å². The molecule has 0 saturated carbocycles. The third-order valence-corrected chi connectivity index (χ3v) is 3.58. The zero-order valence-corrected chi connectivity index (χ0v) is 14.2. The van der Waals surface area contributed by atoms with E-state index in [-0.39, 0.29) is 0 Å². The zero-order valence-electron chi connectivity index (χ0n) is 14.2. The van der Waals surface area contributed by atoms with Crippen LogP contribution in [0.3, 0.4) is 0 Å². The van der Waals surface area contributed by atoms with Gasteiger partial charge in [0.2, 0.25) is 0 Å². The van der Waals surface area contributed by atoms with Gasteiger partial charge in [-0.1, -0.05) is 54.6 Å². The molecule has 122 valence electrons. The van der Waals surface area contributed by atoms with Crippen LogP contribution < -0.4 is 10.6 Å². The molecule has 4 heteroatoms. The first-order valence-electron chi connectivity index (χ1n) is 7.89. The van der Waals surface area contributed by atoms with E-state index in [1.54, 1.807) is 7.05 Å². The lowest BCUT2D eigenvalue weighted by atomic mass is 10.1. The molecule has 0 bridgehead atoms. The van der Waals surface area contributed by atoms with Gasteiger partial charge in [-0.25, -0.2) is 0 Å². The van der Waals surface area contributed by atoms with Crippen molar-refractivity contribution in [1.82, 2.24) is 15.5 Å². The normalized spacial score (nSPS) is 11.6. The molecule has 2 rings (SSSR count). The van der Waals surface area contributed by atoms with Crippen molar-refractivity contribution in [3.8, 4) is 0 Å². The highest BCUT2D eigenvalue weighted by Crippen LogP contribution is 2.10. The minimum absolute atomic E-state index is 0.762. The van der Waals surface area contributed by atoms with Crippen LogP contribution in [0, 0.1) is 0 Å². The van der Waals surface area contributed by atoms with Crippen molar-refractivity contribution >= 4 is 5.96 Å². The van der Waals surface area contributed by atoms with Crippen molar-refractivity contribution < 1.29 is 0 Å². The number of hydrogen-bond acceptors (Lipinski definition) is 2. The van der Waals surface area contributed by atoms with Crippen LogP contribution in [0.4, 0.5) is 0 Å². The molecule has 0 heterocycles. The van der Waals surface area contributed by atoms with E-state index in [9.17, 15) is 0 Å². The van der Waals surface area contributed by atoms with Crippen LogP contribution in [0.5, 0.6) is 0 Å². The first-order valence-corrected chi connectivity index (χ1v) is 7.89. The summed E-state index contributed by atoms with van der Waals surface area (Å²) in [4.78, 5) is 6.47. The standard InChI is InChI=1S/C19H26N4/c1-20-19(21-13-16-9-5-4-6-10-16)22-14-17-11-7-8-12-18(17)15-23(2)3/h4-12H,13-15H2,1-3H3,(H2,20,21,22). The fourth-order valence-electron chi connectivity index (χ4n) is 2.41. The molecule has 0 unspecified atom stereocenters. The van der Waals surface area contributed by atoms with Crippen LogP contribution in [0.2, 0.25) is 0 Å². The maximum Gasteiger partial charge on any atom is 0.191 e. The van der Waals surface area contributed by atoms with E-state index in [0.29, 0.717) is 0 Å². The molecule has 0 aliphatic carbocycles. The average Bonchev–Trinajstić information content (AvgIpc) is 2.57. The van der Waals surface area contributed by atoms with Crippen molar-refractivity contribution in [2.24, 2.45) is 4.99 Å². The summed E-state index contributed by atoms with van der Waals surface area (Å²) in [5, 5.41) is 6.73. The van der Waals surface area contributed by atoms with Crippen molar-refractivity contribution in [1.29, 1.82) is 0 Å². The Labute approximate surface area is 139 Å². The van der Waals surface area contributed by atoms with E-state index in [2.05, 4.69) is 71.0 Å². The highest BCUT2D eigenvalue weighted by Gasteiger charge is 2.04. The van der Waals surface area contributed by atoms with Crippen molar-refractivity contribution in [2.45, 2.75) is 19.6 Å². The molecule has 4 nitrogen and oxygen atoms in total. The molecule has 2 aromatic rings. The molecule has 2 N–H and O–H groups in total. The van der Waals surface area contributed by atoms with Crippen molar-refractivity contribution in [3.05, 3.63) is 71.3 Å². The van der Waals surface area contributed by atoms with Crippen LogP contribution in [-0.2, 0) is 19.6 Å². The molecular weight excluding hydrogens is 284 g/mol. The van der Waals surface area contributed by atoms with Gasteiger partial charge in [0.15, 0.2) is 5.96 Å². The summed E-state index contributed by atoms with van der Waals surface area (Å²) < 4.78 is 0. The predicted molar refractivity (Wildman–Crippen MR) is 97.3 cm³/mol. The molecule has 0 spiro atoms. The Hall–Kier alpha value is -2.33. The molecule has 0 aromatic heterocycles. The van der Waals surface area contributed by atoms with Crippen LogP contribution in [0.1, 0.15) is 16.7 Å². The Kier molecular flexibility index (Phi) is 6.63. The lowest BCUT2D eigenvalue weighted by Crippen LogP contribution is -2.36. The van der Waals surface area contributed by atoms with E-state index in [0.717, 1.165) is 25.6 Å². The summed E-state index contributed by atoms with van der Waals surface area (Å²) in [6.45, 7) is 2.46. The molecule has 0 aliphatic heterocycles. The number of benzene rings is 2. The van der Waals surface area contributed by atoms with Crippen molar-refractivity contribution in [3.63, 3.8) is 0 Å². The third kappa shape index (κ3) is 5.75. The molecular formula is C19H26N4. The SMILES string of the molecule is CN=C(NCc1ccccc1)NCc1ccccc1CN(C)C. The second kappa shape index (κ2) is 8.96. The molecule has 0 atom stereocenters. The Morgan fingerprint density at radius 1 is 0.870 bits per heavy atom. The van der Waals surface area contributed by atoms with Gasteiger partial charge in [0, 0.05) is 26.7 Å². The summed E-state index contributed by atoms with van der Waals surface area (Å²) in [6.07, 6.45) is 0. The number of aliphatic imine (C=N–C) groups is 1. The van der Waals surface area contributed by atoms with Gasteiger partial charge < -0.3 is 15.5 Å². The molecule has 0 amide bonds. The molecule has 2 aromatic carbocycles. The first-order chi connectivity index (χ1) is 11.2. The van der Waals surface area contributed by atoms with Gasteiger partial charge in [0.25, 0.3) is 0 Å². The number of hydrogen-bond donors (Lipinski definition) is 2. The number of nitrogens with zero attached hydrogens (tertiary/aromatic N) is 2. The maximum atomic E-state index is 4.29. The number of guanidine groups is 1. The van der Waals surface area contributed by atoms with Gasteiger partial charge in [-0.15, -0.1) is 0 Å². The highest BCUT2D eigenvalue weighted by atomic mass is 15.2. The summed E-state index contributed by atoms with van der Waals surface area (Å²) >= 11 is 0. The van der Waals surface area contributed by atoms with Crippen LogP contribution in [0.25, 0.3) is 0 Å². The minimum atomic E-state index is 0.762. The summed E-state index contributed by atoms with van der Waals surface area (Å²) in [5.41, 5.74) is 3.87. The third-order valence-electron chi connectivity index (χ3n) is 3.58. The highest BCUT2D eigenvalue weighted by molar-refractivity contribution is 5.79. The Morgan fingerprint density at radius 3 is 2.13 bits per heavy atom. The summed E-state index contributed by atoms with van der Waals surface area (Å²) in [5.74, 6) is 0.813. The molecule has 0 fully saturated rings. The summed E-state index contributed by atoms with van der Waals surface area (Å²) in [7, 11) is 5.97. The average molecular weight is 310 g/mol. The lowest BCUT2D eigenvalue weighted by Gasteiger charge is -2.16. The van der Waals surface area contributed by atoms with E-state index in [1.165, 1.54) is 16.7 Å². The topological polar surface area (TPSA) is 39.7 Å². The minimum Gasteiger partial charge on any atom is -0.352 e. The largest absolute Gasteiger partial charge is 0.352 e. The fraction of sp³-hybridized carbons (Fsp3) is 0.316. The number of nitrogens with one attached hydrogen (secondary N) is 2. The van der Waals surface area contributed by atoms with E-state index >= 15 is 0 Å². The Morgan fingerprint density at radius 2 is 1.48 bits per heavy atom. The van der Waals surface area contributed by atoms with Gasteiger partial charge in [-0.05, 0) is 30.8 Å². The quantitative estimate of drug-likeness (QED) is 0.636. The monoisotopic (exact) mass is 310 g/mol. The first kappa shape index (κ1) is 17.0. The van der Waals surface area contributed by atoms with Gasteiger partial charge in [-0.2, -0.15) is 0 Å². The second-order valence-corrected chi connectivity index (χ2v) is 5.77.